The van der Waals surface area contributed by atoms with Crippen molar-refractivity contribution in [3.8, 4) is 5.75 Å². The number of rotatable bonds is 5. The van der Waals surface area contributed by atoms with Gasteiger partial charge in [0.2, 0.25) is 10.0 Å². The molecule has 0 radical (unpaired) electrons. The molecule has 0 aromatic heterocycles. The van der Waals surface area contributed by atoms with Crippen molar-refractivity contribution < 1.29 is 18.3 Å². The van der Waals surface area contributed by atoms with E-state index in [4.69, 9.17) is 9.84 Å². The van der Waals surface area contributed by atoms with Crippen molar-refractivity contribution in [2.24, 2.45) is 0 Å². The first-order chi connectivity index (χ1) is 9.54. The van der Waals surface area contributed by atoms with Crippen molar-refractivity contribution in [3.63, 3.8) is 0 Å². The van der Waals surface area contributed by atoms with Crippen molar-refractivity contribution in [2.45, 2.75) is 17.7 Å². The Bertz CT molecular complexity index is 555. The number of nitrogens with zero attached hydrogens (tertiary/aromatic N) is 1. The number of sulfonamides is 1. The number of benzene rings is 1. The van der Waals surface area contributed by atoms with Gasteiger partial charge in [0.05, 0.1) is 11.5 Å². The van der Waals surface area contributed by atoms with Gasteiger partial charge >= 0.3 is 0 Å². The highest BCUT2D eigenvalue weighted by Gasteiger charge is 2.26. The molecule has 0 atom stereocenters. The average Bonchev–Trinajstić information content (AvgIpc) is 2.46. The number of aliphatic hydroxyl groups excluding tert-OH is 1. The number of hydrogen-bond donors (Lipinski definition) is 1. The molecule has 110 valence electrons. The van der Waals surface area contributed by atoms with Crippen LogP contribution in [0.1, 0.15) is 12.8 Å². The molecule has 6 heteroatoms. The summed E-state index contributed by atoms with van der Waals surface area (Å²) in [6.45, 7) is 4.99. The molecular formula is C14H19NO4S. The molecule has 1 aromatic carbocycles. The highest BCUT2D eigenvalue weighted by molar-refractivity contribution is 7.89. The third kappa shape index (κ3) is 3.39. The standard InChI is InChI=1S/C14H19NO4S/c1-12-6-8-15(9-7-12)20(17,18)14-4-2-13(3-5-14)19-11-10-16/h2-5,16H,1,6-11H2. The van der Waals surface area contributed by atoms with E-state index in [1.54, 1.807) is 12.1 Å². The molecule has 1 aromatic rings. The molecule has 1 saturated heterocycles. The number of piperidine rings is 1. The third-order valence-corrected chi connectivity index (χ3v) is 5.16. The molecule has 2 rings (SSSR count). The second-order valence-electron chi connectivity index (χ2n) is 4.70. The summed E-state index contributed by atoms with van der Waals surface area (Å²) in [5, 5.41) is 8.67. The summed E-state index contributed by atoms with van der Waals surface area (Å²) in [6.07, 6.45) is 1.44. The quantitative estimate of drug-likeness (QED) is 0.834. The van der Waals surface area contributed by atoms with E-state index >= 15 is 0 Å². The summed E-state index contributed by atoms with van der Waals surface area (Å²) in [5.41, 5.74) is 1.10. The minimum atomic E-state index is -3.44. The van der Waals surface area contributed by atoms with Gasteiger partial charge in [0.1, 0.15) is 12.4 Å². The fraction of sp³-hybridized carbons (Fsp3) is 0.429. The van der Waals surface area contributed by atoms with Gasteiger partial charge in [-0.1, -0.05) is 12.2 Å². The van der Waals surface area contributed by atoms with E-state index in [0.717, 1.165) is 18.4 Å². The lowest BCUT2D eigenvalue weighted by Crippen LogP contribution is -2.36. The summed E-state index contributed by atoms with van der Waals surface area (Å²) in [7, 11) is -3.44. The van der Waals surface area contributed by atoms with Gasteiger partial charge in [-0.2, -0.15) is 4.31 Å². The van der Waals surface area contributed by atoms with E-state index in [2.05, 4.69) is 6.58 Å². The van der Waals surface area contributed by atoms with E-state index < -0.39 is 10.0 Å². The number of aliphatic hydroxyl groups is 1. The lowest BCUT2D eigenvalue weighted by molar-refractivity contribution is 0.201. The highest BCUT2D eigenvalue weighted by atomic mass is 32.2. The van der Waals surface area contributed by atoms with Crippen molar-refractivity contribution >= 4 is 10.0 Å². The van der Waals surface area contributed by atoms with Crippen LogP contribution < -0.4 is 4.74 Å². The van der Waals surface area contributed by atoms with Crippen LogP contribution in [0.25, 0.3) is 0 Å². The average molecular weight is 297 g/mol. The van der Waals surface area contributed by atoms with E-state index in [-0.39, 0.29) is 18.1 Å². The molecule has 0 amide bonds. The molecule has 1 N–H and O–H groups in total. The minimum absolute atomic E-state index is 0.0717. The van der Waals surface area contributed by atoms with Crippen LogP contribution in [0.2, 0.25) is 0 Å². The van der Waals surface area contributed by atoms with Gasteiger partial charge in [-0.05, 0) is 37.1 Å². The molecule has 1 heterocycles. The molecule has 20 heavy (non-hydrogen) atoms. The van der Waals surface area contributed by atoms with Crippen molar-refractivity contribution in [1.29, 1.82) is 0 Å². The van der Waals surface area contributed by atoms with Gasteiger partial charge in [-0.15, -0.1) is 0 Å². The SMILES string of the molecule is C=C1CCN(S(=O)(=O)c2ccc(OCCO)cc2)CC1. The first-order valence-corrected chi connectivity index (χ1v) is 7.98. The van der Waals surface area contributed by atoms with Crippen LogP contribution in [0, 0.1) is 0 Å². The van der Waals surface area contributed by atoms with E-state index in [1.165, 1.54) is 16.4 Å². The molecule has 0 spiro atoms. The van der Waals surface area contributed by atoms with Crippen LogP contribution in [0.15, 0.2) is 41.3 Å². The topological polar surface area (TPSA) is 66.8 Å². The van der Waals surface area contributed by atoms with Gasteiger partial charge in [-0.3, -0.25) is 0 Å². The molecule has 0 bridgehead atoms. The maximum Gasteiger partial charge on any atom is 0.243 e. The summed E-state index contributed by atoms with van der Waals surface area (Å²) < 4.78 is 31.6. The van der Waals surface area contributed by atoms with E-state index in [0.29, 0.717) is 18.8 Å². The Hall–Kier alpha value is -1.37. The van der Waals surface area contributed by atoms with Crippen LogP contribution in [0.4, 0.5) is 0 Å². The normalized spacial score (nSPS) is 17.1. The Morgan fingerprint density at radius 2 is 1.80 bits per heavy atom. The Morgan fingerprint density at radius 1 is 1.20 bits per heavy atom. The van der Waals surface area contributed by atoms with E-state index in [1.807, 2.05) is 0 Å². The summed E-state index contributed by atoms with van der Waals surface area (Å²) in [4.78, 5) is 0.265. The molecule has 0 unspecified atom stereocenters. The van der Waals surface area contributed by atoms with Crippen LogP contribution in [0.5, 0.6) is 5.75 Å². The van der Waals surface area contributed by atoms with Crippen LogP contribution in [0.3, 0.4) is 0 Å². The number of ether oxygens (including phenoxy) is 1. The first-order valence-electron chi connectivity index (χ1n) is 6.54. The fourth-order valence-corrected chi connectivity index (χ4v) is 3.50. The summed E-state index contributed by atoms with van der Waals surface area (Å²) in [5.74, 6) is 0.546. The van der Waals surface area contributed by atoms with Crippen molar-refractivity contribution in [3.05, 3.63) is 36.4 Å². The van der Waals surface area contributed by atoms with Gasteiger partial charge in [-0.25, -0.2) is 8.42 Å². The van der Waals surface area contributed by atoms with Gasteiger partial charge in [0, 0.05) is 13.1 Å². The van der Waals surface area contributed by atoms with Crippen molar-refractivity contribution in [2.75, 3.05) is 26.3 Å². The van der Waals surface area contributed by atoms with E-state index in [9.17, 15) is 8.42 Å². The maximum absolute atomic E-state index is 12.4. The predicted octanol–water partition coefficient (Wildman–Crippen LogP) is 1.40. The lowest BCUT2D eigenvalue weighted by atomic mass is 10.1. The second-order valence-corrected chi connectivity index (χ2v) is 6.64. The summed E-state index contributed by atoms with van der Waals surface area (Å²) >= 11 is 0. The summed E-state index contributed by atoms with van der Waals surface area (Å²) in [6, 6.07) is 6.27. The van der Waals surface area contributed by atoms with Crippen molar-refractivity contribution in [1.82, 2.24) is 4.31 Å². The molecule has 1 aliphatic rings. The fourth-order valence-electron chi connectivity index (χ4n) is 2.06. The first kappa shape index (κ1) is 15.0. The van der Waals surface area contributed by atoms with Gasteiger partial charge in [0.15, 0.2) is 0 Å². The predicted molar refractivity (Wildman–Crippen MR) is 76.2 cm³/mol. The molecule has 1 fully saturated rings. The minimum Gasteiger partial charge on any atom is -0.491 e. The third-order valence-electron chi connectivity index (χ3n) is 3.25. The molecule has 0 saturated carbocycles. The van der Waals surface area contributed by atoms with Gasteiger partial charge in [0.25, 0.3) is 0 Å². The Morgan fingerprint density at radius 3 is 2.35 bits per heavy atom. The zero-order chi connectivity index (χ0) is 14.6. The maximum atomic E-state index is 12.4. The molecule has 0 aliphatic carbocycles. The molecule has 1 aliphatic heterocycles. The van der Waals surface area contributed by atoms with Crippen LogP contribution in [-0.2, 0) is 10.0 Å². The van der Waals surface area contributed by atoms with Crippen LogP contribution >= 0.6 is 0 Å². The zero-order valence-electron chi connectivity index (χ0n) is 11.3. The monoisotopic (exact) mass is 297 g/mol. The molecule has 5 nitrogen and oxygen atoms in total. The number of hydrogen-bond acceptors (Lipinski definition) is 4. The van der Waals surface area contributed by atoms with Crippen LogP contribution in [-0.4, -0.2) is 44.1 Å². The largest absolute Gasteiger partial charge is 0.491 e. The second kappa shape index (κ2) is 6.39. The Kier molecular flexibility index (Phi) is 4.80. The Labute approximate surface area is 119 Å². The zero-order valence-corrected chi connectivity index (χ0v) is 12.1. The highest BCUT2D eigenvalue weighted by Crippen LogP contribution is 2.23. The lowest BCUT2D eigenvalue weighted by Gasteiger charge is -2.27. The smallest absolute Gasteiger partial charge is 0.243 e. The molecular weight excluding hydrogens is 278 g/mol. The Balaban J connectivity index is 2.11. The van der Waals surface area contributed by atoms with Gasteiger partial charge < -0.3 is 9.84 Å².